The fraction of sp³-hybridized carbons (Fsp3) is 0.294. The molecule has 22 heavy (non-hydrogen) atoms. The average Bonchev–Trinajstić information content (AvgIpc) is 2.52. The van der Waals surface area contributed by atoms with Gasteiger partial charge < -0.3 is 16.2 Å². The van der Waals surface area contributed by atoms with Crippen LogP contribution in [0, 0.1) is 0 Å². The average molecular weight is 339 g/mol. The summed E-state index contributed by atoms with van der Waals surface area (Å²) in [6, 6.07) is 15.1. The Bertz CT molecular complexity index is 592. The van der Waals surface area contributed by atoms with E-state index in [1.54, 1.807) is 6.07 Å². The first kappa shape index (κ1) is 17.3. The Hall–Kier alpha value is -1.10. The maximum atomic E-state index is 10.1. The first-order valence-electron chi connectivity index (χ1n) is 7.19. The molecule has 0 aromatic heterocycles. The first-order chi connectivity index (χ1) is 10.6. The van der Waals surface area contributed by atoms with Crippen molar-refractivity contribution >= 4 is 23.2 Å². The van der Waals surface area contributed by atoms with E-state index in [-0.39, 0.29) is 6.04 Å². The van der Waals surface area contributed by atoms with Gasteiger partial charge in [-0.25, -0.2) is 0 Å². The van der Waals surface area contributed by atoms with Crippen molar-refractivity contribution in [3.63, 3.8) is 0 Å². The molecule has 2 rings (SSSR count). The fourth-order valence-electron chi connectivity index (χ4n) is 2.21. The standard InChI is InChI=1S/C17H20Cl2N2O/c18-14-8-4-7-13(17(14)19)10-21-11-16(22)15(20)9-12-5-2-1-3-6-12/h1-8,15-16,21-22H,9-11,20H2/t15?,16-/m0/s1. The van der Waals surface area contributed by atoms with E-state index in [0.717, 1.165) is 11.1 Å². The predicted molar refractivity (Wildman–Crippen MR) is 92.3 cm³/mol. The number of nitrogens with two attached hydrogens (primary N) is 1. The molecular formula is C17H20Cl2N2O. The SMILES string of the molecule is NC(Cc1ccccc1)[C@@H](O)CNCc1cccc(Cl)c1Cl. The molecule has 5 heteroatoms. The Kier molecular flexibility index (Phi) is 6.68. The Morgan fingerprint density at radius 1 is 1.05 bits per heavy atom. The normalized spacial score (nSPS) is 13.8. The fourth-order valence-corrected chi connectivity index (χ4v) is 2.60. The summed E-state index contributed by atoms with van der Waals surface area (Å²) in [5, 5.41) is 14.4. The van der Waals surface area contributed by atoms with Gasteiger partial charge in [-0.2, -0.15) is 0 Å². The topological polar surface area (TPSA) is 58.3 Å². The van der Waals surface area contributed by atoms with E-state index < -0.39 is 6.10 Å². The molecule has 0 aliphatic carbocycles. The second-order valence-corrected chi connectivity index (χ2v) is 6.05. The summed E-state index contributed by atoms with van der Waals surface area (Å²) in [5.74, 6) is 0. The van der Waals surface area contributed by atoms with Crippen LogP contribution in [0.15, 0.2) is 48.5 Å². The van der Waals surface area contributed by atoms with Crippen molar-refractivity contribution in [3.05, 3.63) is 69.7 Å². The molecule has 0 spiro atoms. The highest BCUT2D eigenvalue weighted by atomic mass is 35.5. The maximum absolute atomic E-state index is 10.1. The van der Waals surface area contributed by atoms with E-state index in [1.807, 2.05) is 42.5 Å². The van der Waals surface area contributed by atoms with Crippen molar-refractivity contribution in [2.45, 2.75) is 25.1 Å². The van der Waals surface area contributed by atoms with Crippen LogP contribution in [0.5, 0.6) is 0 Å². The summed E-state index contributed by atoms with van der Waals surface area (Å²) in [6.45, 7) is 0.936. The minimum atomic E-state index is -0.627. The molecule has 3 nitrogen and oxygen atoms in total. The van der Waals surface area contributed by atoms with E-state index in [0.29, 0.717) is 29.6 Å². The summed E-state index contributed by atoms with van der Waals surface area (Å²) < 4.78 is 0. The number of rotatable bonds is 7. The molecule has 4 N–H and O–H groups in total. The zero-order valence-corrected chi connectivity index (χ0v) is 13.7. The van der Waals surface area contributed by atoms with Crippen LogP contribution in [-0.2, 0) is 13.0 Å². The monoisotopic (exact) mass is 338 g/mol. The summed E-state index contributed by atoms with van der Waals surface area (Å²) in [6.07, 6.45) is 0.0138. The van der Waals surface area contributed by atoms with Crippen molar-refractivity contribution < 1.29 is 5.11 Å². The lowest BCUT2D eigenvalue weighted by Gasteiger charge is -2.19. The van der Waals surface area contributed by atoms with E-state index in [1.165, 1.54) is 0 Å². The summed E-state index contributed by atoms with van der Waals surface area (Å²) in [7, 11) is 0. The number of benzene rings is 2. The van der Waals surface area contributed by atoms with Crippen LogP contribution in [0.3, 0.4) is 0 Å². The largest absolute Gasteiger partial charge is 0.390 e. The molecule has 0 heterocycles. The van der Waals surface area contributed by atoms with Crippen LogP contribution in [-0.4, -0.2) is 23.8 Å². The molecule has 0 aliphatic rings. The lowest BCUT2D eigenvalue weighted by molar-refractivity contribution is 0.141. The molecule has 0 fully saturated rings. The summed E-state index contributed by atoms with van der Waals surface area (Å²) >= 11 is 12.1. The van der Waals surface area contributed by atoms with Gasteiger partial charge in [-0.05, 0) is 23.6 Å². The van der Waals surface area contributed by atoms with Crippen molar-refractivity contribution in [1.29, 1.82) is 0 Å². The quantitative estimate of drug-likeness (QED) is 0.727. The highest BCUT2D eigenvalue weighted by Gasteiger charge is 2.15. The lowest BCUT2D eigenvalue weighted by atomic mass is 10.0. The number of hydrogen-bond acceptors (Lipinski definition) is 3. The van der Waals surface area contributed by atoms with Crippen LogP contribution in [0.2, 0.25) is 10.0 Å². The molecular weight excluding hydrogens is 319 g/mol. The summed E-state index contributed by atoms with van der Waals surface area (Å²) in [5.41, 5.74) is 8.06. The zero-order valence-electron chi connectivity index (χ0n) is 12.2. The molecule has 2 aromatic rings. The number of hydrogen-bond donors (Lipinski definition) is 3. The molecule has 2 atom stereocenters. The van der Waals surface area contributed by atoms with Crippen LogP contribution in [0.25, 0.3) is 0 Å². The predicted octanol–water partition coefficient (Wildman–Crippen LogP) is 3.01. The van der Waals surface area contributed by atoms with Gasteiger partial charge in [0, 0.05) is 19.1 Å². The van der Waals surface area contributed by atoms with Gasteiger partial charge in [0.05, 0.1) is 16.1 Å². The van der Waals surface area contributed by atoms with Gasteiger partial charge >= 0.3 is 0 Å². The van der Waals surface area contributed by atoms with Crippen molar-refractivity contribution in [3.8, 4) is 0 Å². The van der Waals surface area contributed by atoms with Crippen LogP contribution < -0.4 is 11.1 Å². The molecule has 118 valence electrons. The van der Waals surface area contributed by atoms with Gasteiger partial charge in [-0.1, -0.05) is 65.7 Å². The Morgan fingerprint density at radius 3 is 2.50 bits per heavy atom. The Morgan fingerprint density at radius 2 is 1.77 bits per heavy atom. The van der Waals surface area contributed by atoms with Crippen molar-refractivity contribution in [2.75, 3.05) is 6.54 Å². The minimum absolute atomic E-state index is 0.315. The van der Waals surface area contributed by atoms with Gasteiger partial charge in [0.2, 0.25) is 0 Å². The maximum Gasteiger partial charge on any atom is 0.0818 e. The molecule has 2 aromatic carbocycles. The van der Waals surface area contributed by atoms with E-state index in [2.05, 4.69) is 5.32 Å². The van der Waals surface area contributed by atoms with Gasteiger partial charge in [-0.15, -0.1) is 0 Å². The third-order valence-corrected chi connectivity index (χ3v) is 4.37. The van der Waals surface area contributed by atoms with Gasteiger partial charge in [0.25, 0.3) is 0 Å². The first-order valence-corrected chi connectivity index (χ1v) is 7.94. The van der Waals surface area contributed by atoms with E-state index in [4.69, 9.17) is 28.9 Å². The second kappa shape index (κ2) is 8.51. The Balaban J connectivity index is 1.80. The number of nitrogens with one attached hydrogen (secondary N) is 1. The van der Waals surface area contributed by atoms with Crippen LogP contribution >= 0.6 is 23.2 Å². The smallest absolute Gasteiger partial charge is 0.0818 e. The zero-order chi connectivity index (χ0) is 15.9. The third kappa shape index (κ3) is 4.97. The number of aliphatic hydroxyl groups is 1. The van der Waals surface area contributed by atoms with E-state index >= 15 is 0 Å². The van der Waals surface area contributed by atoms with Gasteiger partial charge in [0.15, 0.2) is 0 Å². The van der Waals surface area contributed by atoms with Crippen LogP contribution in [0.4, 0.5) is 0 Å². The second-order valence-electron chi connectivity index (χ2n) is 5.26. The number of halogens is 2. The minimum Gasteiger partial charge on any atom is -0.390 e. The third-order valence-electron chi connectivity index (χ3n) is 3.51. The molecule has 0 radical (unpaired) electrons. The van der Waals surface area contributed by atoms with Gasteiger partial charge in [0.1, 0.15) is 0 Å². The highest BCUT2D eigenvalue weighted by molar-refractivity contribution is 6.42. The van der Waals surface area contributed by atoms with Crippen LogP contribution in [0.1, 0.15) is 11.1 Å². The highest BCUT2D eigenvalue weighted by Crippen LogP contribution is 2.25. The Labute approximate surface area is 141 Å². The molecule has 1 unspecified atom stereocenters. The van der Waals surface area contributed by atoms with Crippen molar-refractivity contribution in [1.82, 2.24) is 5.32 Å². The summed E-state index contributed by atoms with van der Waals surface area (Å²) in [4.78, 5) is 0. The van der Waals surface area contributed by atoms with Gasteiger partial charge in [-0.3, -0.25) is 0 Å². The molecule has 0 aliphatic heterocycles. The number of aliphatic hydroxyl groups excluding tert-OH is 1. The molecule has 0 saturated heterocycles. The molecule has 0 bridgehead atoms. The van der Waals surface area contributed by atoms with E-state index in [9.17, 15) is 5.11 Å². The van der Waals surface area contributed by atoms with Crippen molar-refractivity contribution in [2.24, 2.45) is 5.73 Å². The lowest BCUT2D eigenvalue weighted by Crippen LogP contribution is -2.43. The molecule has 0 amide bonds. The molecule has 0 saturated carbocycles.